The molecule has 2 aromatic heterocycles. The number of ether oxygens (including phenoxy) is 1. The first-order valence-electron chi connectivity index (χ1n) is 12.2. The summed E-state index contributed by atoms with van der Waals surface area (Å²) in [5.74, 6) is 0.0190. The van der Waals surface area contributed by atoms with Gasteiger partial charge in [0.15, 0.2) is 0 Å². The van der Waals surface area contributed by atoms with Crippen molar-refractivity contribution >= 4 is 51.8 Å². The van der Waals surface area contributed by atoms with Crippen LogP contribution in [0.5, 0.6) is 5.75 Å². The molecule has 1 aliphatic rings. The molecule has 8 heteroatoms. The quantitative estimate of drug-likeness (QED) is 0.226. The van der Waals surface area contributed by atoms with Crippen LogP contribution in [-0.4, -0.2) is 25.9 Å². The SMILES string of the molecule is CC1Cc2c(OCc3cccc(Cl)n3)ccc3c2c(c(CC(C)(C)C(=O)O)n3Cc2ccc(Cl)cc2)S1. The number of hydrogen-bond acceptors (Lipinski definition) is 4. The molecular formula is C29H28Cl2N2O3S. The third-order valence-electron chi connectivity index (χ3n) is 6.75. The lowest BCUT2D eigenvalue weighted by Crippen LogP contribution is -2.28. The van der Waals surface area contributed by atoms with Gasteiger partial charge >= 0.3 is 5.97 Å². The van der Waals surface area contributed by atoms with Crippen molar-refractivity contribution in [1.29, 1.82) is 0 Å². The Morgan fingerprint density at radius 2 is 1.92 bits per heavy atom. The Labute approximate surface area is 230 Å². The van der Waals surface area contributed by atoms with Gasteiger partial charge in [0.2, 0.25) is 0 Å². The molecule has 0 saturated carbocycles. The van der Waals surface area contributed by atoms with Crippen molar-refractivity contribution in [1.82, 2.24) is 9.55 Å². The van der Waals surface area contributed by atoms with Crippen molar-refractivity contribution in [2.24, 2.45) is 5.41 Å². The van der Waals surface area contributed by atoms with Gasteiger partial charge in [-0.05, 0) is 62.2 Å². The zero-order chi connectivity index (χ0) is 26.3. The van der Waals surface area contributed by atoms with Crippen LogP contribution < -0.4 is 4.74 Å². The second kappa shape index (κ2) is 10.2. The Hall–Kier alpha value is -2.67. The fraction of sp³-hybridized carbons (Fsp3) is 0.310. The third-order valence-corrected chi connectivity index (χ3v) is 8.46. The zero-order valence-electron chi connectivity index (χ0n) is 20.9. The van der Waals surface area contributed by atoms with Crippen molar-refractivity contribution in [2.75, 3.05) is 0 Å². The largest absolute Gasteiger partial charge is 0.487 e. The molecule has 0 radical (unpaired) electrons. The molecule has 0 fully saturated rings. The maximum Gasteiger partial charge on any atom is 0.309 e. The number of aliphatic carboxylic acids is 1. The number of nitrogens with zero attached hydrogens (tertiary/aromatic N) is 2. The molecule has 1 unspecified atom stereocenters. The van der Waals surface area contributed by atoms with Crippen molar-refractivity contribution in [3.05, 3.63) is 87.3 Å². The summed E-state index contributed by atoms with van der Waals surface area (Å²) in [7, 11) is 0. The predicted molar refractivity (Wildman–Crippen MR) is 150 cm³/mol. The number of thioether (sulfide) groups is 1. The Morgan fingerprint density at radius 1 is 1.16 bits per heavy atom. The molecule has 4 aromatic rings. The number of carbonyl (C=O) groups is 1. The summed E-state index contributed by atoms with van der Waals surface area (Å²) >= 11 is 14.0. The summed E-state index contributed by atoms with van der Waals surface area (Å²) in [6.45, 7) is 6.73. The van der Waals surface area contributed by atoms with E-state index in [2.05, 4.69) is 22.5 Å². The highest BCUT2D eigenvalue weighted by Crippen LogP contribution is 2.48. The van der Waals surface area contributed by atoms with E-state index in [0.29, 0.717) is 35.0 Å². The van der Waals surface area contributed by atoms with Crippen molar-refractivity contribution in [3.63, 3.8) is 0 Å². The molecule has 0 saturated heterocycles. The molecule has 3 heterocycles. The fourth-order valence-corrected chi connectivity index (χ4v) is 6.43. The summed E-state index contributed by atoms with van der Waals surface area (Å²) in [5, 5.41) is 12.6. The predicted octanol–water partition coefficient (Wildman–Crippen LogP) is 7.66. The molecule has 0 amide bonds. The topological polar surface area (TPSA) is 64.3 Å². The number of hydrogen-bond donors (Lipinski definition) is 1. The number of halogens is 2. The van der Waals surface area contributed by atoms with E-state index in [1.54, 1.807) is 19.9 Å². The van der Waals surface area contributed by atoms with Crippen LogP contribution in [0, 0.1) is 5.41 Å². The third kappa shape index (κ3) is 5.33. The lowest BCUT2D eigenvalue weighted by Gasteiger charge is -2.24. The molecular weight excluding hydrogens is 527 g/mol. The van der Waals surface area contributed by atoms with Gasteiger partial charge in [0.05, 0.1) is 16.6 Å². The van der Waals surface area contributed by atoms with E-state index in [9.17, 15) is 9.90 Å². The number of carboxylic acid groups (broad SMARTS) is 1. The van der Waals surface area contributed by atoms with Gasteiger partial charge in [0, 0.05) is 44.8 Å². The highest BCUT2D eigenvalue weighted by Gasteiger charge is 2.34. The number of pyridine rings is 1. The average Bonchev–Trinajstić information content (AvgIpc) is 3.12. The molecule has 192 valence electrons. The van der Waals surface area contributed by atoms with Crippen LogP contribution in [0.25, 0.3) is 10.9 Å². The number of carboxylic acids is 1. The standard InChI is InChI=1S/C29H28Cl2N2O3S/c1-17-13-21-24(36-16-20-5-4-6-25(31)32-20)12-11-22-26(21)27(37-17)23(14-29(2,3)28(34)35)33(22)15-18-7-9-19(30)10-8-18/h4-12,17H,13-16H2,1-3H3,(H,34,35). The maximum absolute atomic E-state index is 12.1. The Morgan fingerprint density at radius 3 is 2.62 bits per heavy atom. The molecule has 5 nitrogen and oxygen atoms in total. The van der Waals surface area contributed by atoms with E-state index in [4.69, 9.17) is 27.9 Å². The minimum absolute atomic E-state index is 0.320. The summed E-state index contributed by atoms with van der Waals surface area (Å²) in [6.07, 6.45) is 1.28. The van der Waals surface area contributed by atoms with Gasteiger partial charge in [-0.2, -0.15) is 0 Å². The number of rotatable bonds is 8. The van der Waals surface area contributed by atoms with Crippen LogP contribution in [0.3, 0.4) is 0 Å². The Bertz CT molecular complexity index is 1480. The first kappa shape index (κ1) is 26.0. The first-order chi connectivity index (χ1) is 17.6. The molecule has 1 aliphatic heterocycles. The summed E-state index contributed by atoms with van der Waals surface area (Å²) in [5.41, 5.74) is 4.25. The lowest BCUT2D eigenvalue weighted by atomic mass is 9.87. The summed E-state index contributed by atoms with van der Waals surface area (Å²) < 4.78 is 8.56. The van der Waals surface area contributed by atoms with Crippen LogP contribution in [0.2, 0.25) is 10.2 Å². The normalized spacial score (nSPS) is 15.2. The van der Waals surface area contributed by atoms with Gasteiger partial charge < -0.3 is 14.4 Å². The first-order valence-corrected chi connectivity index (χ1v) is 13.8. The molecule has 0 aliphatic carbocycles. The van der Waals surface area contributed by atoms with Crippen molar-refractivity contribution in [2.45, 2.75) is 56.9 Å². The average molecular weight is 556 g/mol. The fourth-order valence-electron chi connectivity index (χ4n) is 4.81. The number of aromatic nitrogens is 2. The summed E-state index contributed by atoms with van der Waals surface area (Å²) in [6, 6.07) is 17.4. The zero-order valence-corrected chi connectivity index (χ0v) is 23.3. The van der Waals surface area contributed by atoms with Gasteiger partial charge in [-0.25, -0.2) is 4.98 Å². The minimum atomic E-state index is -0.915. The highest BCUT2D eigenvalue weighted by atomic mass is 35.5. The van der Waals surface area contributed by atoms with Gasteiger partial charge in [-0.15, -0.1) is 11.8 Å². The molecule has 0 spiro atoms. The highest BCUT2D eigenvalue weighted by molar-refractivity contribution is 8.00. The molecule has 1 N–H and O–H groups in total. The van der Waals surface area contributed by atoms with E-state index in [0.717, 1.165) is 50.5 Å². The van der Waals surface area contributed by atoms with E-state index in [1.807, 2.05) is 54.2 Å². The summed E-state index contributed by atoms with van der Waals surface area (Å²) in [4.78, 5) is 17.6. The van der Waals surface area contributed by atoms with Crippen LogP contribution in [0.1, 0.15) is 43.3 Å². The second-order valence-electron chi connectivity index (χ2n) is 10.2. The van der Waals surface area contributed by atoms with E-state index in [1.165, 1.54) is 0 Å². The second-order valence-corrected chi connectivity index (χ2v) is 12.4. The molecule has 37 heavy (non-hydrogen) atoms. The lowest BCUT2D eigenvalue weighted by molar-refractivity contribution is -0.146. The number of benzene rings is 2. The van der Waals surface area contributed by atoms with Gasteiger partial charge in [0.25, 0.3) is 0 Å². The molecule has 5 rings (SSSR count). The van der Waals surface area contributed by atoms with E-state index >= 15 is 0 Å². The van der Waals surface area contributed by atoms with Gasteiger partial charge in [-0.1, -0.05) is 48.3 Å². The van der Waals surface area contributed by atoms with Crippen LogP contribution in [0.15, 0.2) is 59.5 Å². The Kier molecular flexibility index (Phi) is 7.18. The molecule has 2 aromatic carbocycles. The van der Waals surface area contributed by atoms with Crippen LogP contribution >= 0.6 is 35.0 Å². The maximum atomic E-state index is 12.1. The monoisotopic (exact) mass is 554 g/mol. The van der Waals surface area contributed by atoms with Gasteiger partial charge in [0.1, 0.15) is 17.5 Å². The molecule has 1 atom stereocenters. The Balaban J connectivity index is 1.63. The van der Waals surface area contributed by atoms with Crippen LogP contribution in [0.4, 0.5) is 0 Å². The van der Waals surface area contributed by atoms with E-state index < -0.39 is 11.4 Å². The smallest absolute Gasteiger partial charge is 0.309 e. The van der Waals surface area contributed by atoms with Crippen molar-refractivity contribution in [3.8, 4) is 5.75 Å². The van der Waals surface area contributed by atoms with Crippen molar-refractivity contribution < 1.29 is 14.6 Å². The van der Waals surface area contributed by atoms with E-state index in [-0.39, 0.29) is 0 Å². The molecule has 0 bridgehead atoms. The van der Waals surface area contributed by atoms with Gasteiger partial charge in [-0.3, -0.25) is 4.79 Å². The van der Waals surface area contributed by atoms with Crippen LogP contribution in [-0.2, 0) is 30.8 Å². The minimum Gasteiger partial charge on any atom is -0.487 e.